The van der Waals surface area contributed by atoms with Crippen LogP contribution in [0.2, 0.25) is 0 Å². The maximum atomic E-state index is 12.3. The van der Waals surface area contributed by atoms with Crippen LogP contribution in [0.25, 0.3) is 0 Å². The van der Waals surface area contributed by atoms with E-state index in [2.05, 4.69) is 36.5 Å². The SMILES string of the molecule is O=C(Nc1ccc(Br)cc1)c1cc(NCc2ccncc2)ccn1. The van der Waals surface area contributed by atoms with Gasteiger partial charge in [0.15, 0.2) is 0 Å². The van der Waals surface area contributed by atoms with Crippen LogP contribution < -0.4 is 10.6 Å². The van der Waals surface area contributed by atoms with Crippen molar-refractivity contribution in [1.29, 1.82) is 0 Å². The lowest BCUT2D eigenvalue weighted by molar-refractivity contribution is 0.102. The molecule has 0 fully saturated rings. The number of carbonyl (C=O) groups is 1. The summed E-state index contributed by atoms with van der Waals surface area (Å²) in [6.07, 6.45) is 5.12. The van der Waals surface area contributed by atoms with Crippen molar-refractivity contribution in [2.75, 3.05) is 10.6 Å². The van der Waals surface area contributed by atoms with E-state index < -0.39 is 0 Å². The van der Waals surface area contributed by atoms with Crippen LogP contribution >= 0.6 is 15.9 Å². The molecular weight excluding hydrogens is 368 g/mol. The van der Waals surface area contributed by atoms with Crippen molar-refractivity contribution < 1.29 is 4.79 Å². The Bertz CT molecular complexity index is 822. The number of hydrogen-bond acceptors (Lipinski definition) is 4. The molecule has 1 amide bonds. The number of nitrogens with zero attached hydrogens (tertiary/aromatic N) is 2. The van der Waals surface area contributed by atoms with E-state index in [-0.39, 0.29) is 5.91 Å². The Balaban J connectivity index is 1.65. The molecule has 2 heterocycles. The van der Waals surface area contributed by atoms with Gasteiger partial charge in [0.25, 0.3) is 5.91 Å². The Labute approximate surface area is 148 Å². The van der Waals surface area contributed by atoms with E-state index in [1.54, 1.807) is 24.7 Å². The van der Waals surface area contributed by atoms with Crippen molar-refractivity contribution in [3.63, 3.8) is 0 Å². The van der Waals surface area contributed by atoms with Crippen LogP contribution in [-0.2, 0) is 6.54 Å². The number of pyridine rings is 2. The summed E-state index contributed by atoms with van der Waals surface area (Å²) < 4.78 is 0.959. The van der Waals surface area contributed by atoms with Crippen LogP contribution in [0.5, 0.6) is 0 Å². The smallest absolute Gasteiger partial charge is 0.274 e. The topological polar surface area (TPSA) is 66.9 Å². The van der Waals surface area contributed by atoms with Crippen molar-refractivity contribution >= 4 is 33.2 Å². The number of anilines is 2. The third-order valence-electron chi connectivity index (χ3n) is 3.34. The third kappa shape index (κ3) is 4.39. The number of nitrogens with one attached hydrogen (secondary N) is 2. The molecule has 3 rings (SSSR count). The molecule has 24 heavy (non-hydrogen) atoms. The first kappa shape index (κ1) is 16.1. The molecule has 0 aliphatic rings. The predicted molar refractivity (Wildman–Crippen MR) is 97.9 cm³/mol. The maximum Gasteiger partial charge on any atom is 0.274 e. The molecule has 2 aromatic heterocycles. The van der Waals surface area contributed by atoms with E-state index in [1.165, 1.54) is 0 Å². The molecule has 1 aromatic carbocycles. The van der Waals surface area contributed by atoms with Crippen molar-refractivity contribution in [3.8, 4) is 0 Å². The zero-order valence-electron chi connectivity index (χ0n) is 12.7. The average Bonchev–Trinajstić information content (AvgIpc) is 2.63. The standard InChI is InChI=1S/C18H15BrN4O/c19-14-1-3-15(4-2-14)23-18(24)17-11-16(7-10-21-17)22-12-13-5-8-20-9-6-13/h1-11H,12H2,(H,21,22)(H,23,24). The minimum absolute atomic E-state index is 0.245. The minimum Gasteiger partial charge on any atom is -0.381 e. The van der Waals surface area contributed by atoms with Crippen LogP contribution in [-0.4, -0.2) is 15.9 Å². The summed E-state index contributed by atoms with van der Waals surface area (Å²) in [6, 6.07) is 14.8. The molecule has 5 nitrogen and oxygen atoms in total. The second-order valence-electron chi connectivity index (χ2n) is 5.10. The summed E-state index contributed by atoms with van der Waals surface area (Å²) >= 11 is 3.37. The molecule has 0 saturated carbocycles. The van der Waals surface area contributed by atoms with E-state index in [1.807, 2.05) is 42.5 Å². The quantitative estimate of drug-likeness (QED) is 0.696. The van der Waals surface area contributed by atoms with E-state index in [0.29, 0.717) is 12.2 Å². The van der Waals surface area contributed by atoms with Gasteiger partial charge in [-0.25, -0.2) is 0 Å². The summed E-state index contributed by atoms with van der Waals surface area (Å²) in [5.74, 6) is -0.245. The monoisotopic (exact) mass is 382 g/mol. The Morgan fingerprint density at radius 1 is 0.958 bits per heavy atom. The zero-order chi connectivity index (χ0) is 16.8. The van der Waals surface area contributed by atoms with E-state index in [4.69, 9.17) is 0 Å². The molecular formula is C18H15BrN4O. The highest BCUT2D eigenvalue weighted by Gasteiger charge is 2.08. The molecule has 120 valence electrons. The maximum absolute atomic E-state index is 12.3. The number of amides is 1. The van der Waals surface area contributed by atoms with Crippen molar-refractivity contribution in [2.45, 2.75) is 6.54 Å². The molecule has 6 heteroatoms. The Morgan fingerprint density at radius 2 is 1.71 bits per heavy atom. The molecule has 3 aromatic rings. The van der Waals surface area contributed by atoms with Gasteiger partial charge in [-0.3, -0.25) is 14.8 Å². The van der Waals surface area contributed by atoms with Crippen molar-refractivity contribution in [1.82, 2.24) is 9.97 Å². The van der Waals surface area contributed by atoms with Gasteiger partial charge in [0.05, 0.1) is 0 Å². The van der Waals surface area contributed by atoms with Gasteiger partial charge in [-0.2, -0.15) is 0 Å². The molecule has 0 unspecified atom stereocenters. The Hall–Kier alpha value is -2.73. The van der Waals surface area contributed by atoms with Crippen LogP contribution in [0.1, 0.15) is 16.1 Å². The normalized spacial score (nSPS) is 10.2. The number of aromatic nitrogens is 2. The minimum atomic E-state index is -0.245. The first-order valence-electron chi connectivity index (χ1n) is 7.36. The van der Waals surface area contributed by atoms with Crippen LogP contribution in [0.3, 0.4) is 0 Å². The highest BCUT2D eigenvalue weighted by Crippen LogP contribution is 2.16. The summed E-state index contributed by atoms with van der Waals surface area (Å²) in [5.41, 5.74) is 3.03. The van der Waals surface area contributed by atoms with Gasteiger partial charge < -0.3 is 10.6 Å². The Kier molecular flexibility index (Phi) is 5.18. The van der Waals surface area contributed by atoms with Gasteiger partial charge in [0.2, 0.25) is 0 Å². The molecule has 0 atom stereocenters. The molecule has 0 aliphatic heterocycles. The highest BCUT2D eigenvalue weighted by atomic mass is 79.9. The molecule has 0 aliphatic carbocycles. The third-order valence-corrected chi connectivity index (χ3v) is 3.87. The number of benzene rings is 1. The zero-order valence-corrected chi connectivity index (χ0v) is 14.3. The van der Waals surface area contributed by atoms with Crippen molar-refractivity contribution in [3.05, 3.63) is 82.9 Å². The molecule has 2 N–H and O–H groups in total. The first-order chi connectivity index (χ1) is 11.7. The number of hydrogen-bond donors (Lipinski definition) is 2. The van der Waals surface area contributed by atoms with Crippen LogP contribution in [0, 0.1) is 0 Å². The molecule has 0 spiro atoms. The van der Waals surface area contributed by atoms with E-state index in [9.17, 15) is 4.79 Å². The summed E-state index contributed by atoms with van der Waals surface area (Å²) in [4.78, 5) is 20.4. The average molecular weight is 383 g/mol. The molecule has 0 radical (unpaired) electrons. The first-order valence-corrected chi connectivity index (χ1v) is 8.16. The molecule has 0 bridgehead atoms. The Morgan fingerprint density at radius 3 is 2.46 bits per heavy atom. The number of rotatable bonds is 5. The fourth-order valence-electron chi connectivity index (χ4n) is 2.10. The van der Waals surface area contributed by atoms with Crippen LogP contribution in [0.4, 0.5) is 11.4 Å². The predicted octanol–water partition coefficient (Wildman–Crippen LogP) is 4.10. The van der Waals surface area contributed by atoms with Gasteiger partial charge in [0, 0.05) is 41.0 Å². The van der Waals surface area contributed by atoms with Gasteiger partial charge >= 0.3 is 0 Å². The van der Waals surface area contributed by atoms with Crippen molar-refractivity contribution in [2.24, 2.45) is 0 Å². The van der Waals surface area contributed by atoms with Gasteiger partial charge in [-0.15, -0.1) is 0 Å². The lowest BCUT2D eigenvalue weighted by Crippen LogP contribution is -2.14. The van der Waals surface area contributed by atoms with E-state index in [0.717, 1.165) is 21.4 Å². The van der Waals surface area contributed by atoms with Crippen LogP contribution in [0.15, 0.2) is 71.6 Å². The largest absolute Gasteiger partial charge is 0.381 e. The lowest BCUT2D eigenvalue weighted by atomic mass is 10.2. The fraction of sp³-hybridized carbons (Fsp3) is 0.0556. The van der Waals surface area contributed by atoms with Gasteiger partial charge in [0.1, 0.15) is 5.69 Å². The summed E-state index contributed by atoms with van der Waals surface area (Å²) in [7, 11) is 0. The molecule has 0 saturated heterocycles. The number of carbonyl (C=O) groups excluding carboxylic acids is 1. The van der Waals surface area contributed by atoms with Gasteiger partial charge in [-0.05, 0) is 54.1 Å². The number of halogens is 1. The summed E-state index contributed by atoms with van der Waals surface area (Å²) in [5, 5.41) is 6.10. The van der Waals surface area contributed by atoms with Gasteiger partial charge in [-0.1, -0.05) is 15.9 Å². The fourth-order valence-corrected chi connectivity index (χ4v) is 2.36. The highest BCUT2D eigenvalue weighted by molar-refractivity contribution is 9.10. The summed E-state index contributed by atoms with van der Waals surface area (Å²) in [6.45, 7) is 0.653. The van der Waals surface area contributed by atoms with E-state index >= 15 is 0 Å². The second kappa shape index (κ2) is 7.70. The lowest BCUT2D eigenvalue weighted by Gasteiger charge is -2.08. The second-order valence-corrected chi connectivity index (χ2v) is 6.02.